The minimum Gasteiger partial charge on any atom is -0.352 e. The molecule has 23 heavy (non-hydrogen) atoms. The van der Waals surface area contributed by atoms with Crippen LogP contribution in [-0.4, -0.2) is 40.5 Å². The lowest BCUT2D eigenvalue weighted by molar-refractivity contribution is 0.0951. The van der Waals surface area contributed by atoms with Gasteiger partial charge < -0.3 is 10.6 Å². The van der Waals surface area contributed by atoms with Crippen molar-refractivity contribution in [3.05, 3.63) is 29.3 Å². The van der Waals surface area contributed by atoms with Crippen LogP contribution >= 0.6 is 0 Å². The third-order valence-electron chi connectivity index (χ3n) is 4.10. The Hall–Kier alpha value is -1.44. The SMILES string of the molecule is CCNS(=O)(=O)c1ccc(C)c(C(=O)NCCC2CCNC2)c1. The topological polar surface area (TPSA) is 87.3 Å². The number of rotatable bonds is 7. The fourth-order valence-corrected chi connectivity index (χ4v) is 3.80. The molecule has 1 aromatic carbocycles. The predicted molar refractivity (Wildman–Crippen MR) is 90.0 cm³/mol. The monoisotopic (exact) mass is 339 g/mol. The molecule has 0 aliphatic carbocycles. The number of hydrogen-bond acceptors (Lipinski definition) is 4. The van der Waals surface area contributed by atoms with Crippen LogP contribution in [0.3, 0.4) is 0 Å². The number of carbonyl (C=O) groups excluding carboxylic acids is 1. The van der Waals surface area contributed by atoms with Gasteiger partial charge in [-0.25, -0.2) is 13.1 Å². The van der Waals surface area contributed by atoms with Crippen molar-refractivity contribution in [1.82, 2.24) is 15.4 Å². The molecule has 1 aromatic rings. The third kappa shape index (κ3) is 4.76. The smallest absolute Gasteiger partial charge is 0.251 e. The molecule has 1 saturated heterocycles. The van der Waals surface area contributed by atoms with Crippen molar-refractivity contribution in [2.24, 2.45) is 5.92 Å². The van der Waals surface area contributed by atoms with E-state index in [4.69, 9.17) is 0 Å². The first kappa shape index (κ1) is 17.9. The highest BCUT2D eigenvalue weighted by atomic mass is 32.2. The molecule has 1 unspecified atom stereocenters. The fourth-order valence-electron chi connectivity index (χ4n) is 2.73. The van der Waals surface area contributed by atoms with E-state index in [2.05, 4.69) is 15.4 Å². The summed E-state index contributed by atoms with van der Waals surface area (Å²) in [4.78, 5) is 12.5. The average molecular weight is 339 g/mol. The number of nitrogens with one attached hydrogen (secondary N) is 3. The van der Waals surface area contributed by atoms with Crippen LogP contribution in [0.15, 0.2) is 23.1 Å². The van der Waals surface area contributed by atoms with Gasteiger partial charge in [0.2, 0.25) is 10.0 Å². The van der Waals surface area contributed by atoms with Crippen molar-refractivity contribution in [3.63, 3.8) is 0 Å². The molecule has 1 fully saturated rings. The highest BCUT2D eigenvalue weighted by Crippen LogP contribution is 2.16. The molecule has 1 amide bonds. The van der Waals surface area contributed by atoms with Crippen molar-refractivity contribution < 1.29 is 13.2 Å². The lowest BCUT2D eigenvalue weighted by Gasteiger charge is -2.12. The average Bonchev–Trinajstić information content (AvgIpc) is 3.00. The molecule has 7 heteroatoms. The minimum atomic E-state index is -3.55. The molecule has 0 aromatic heterocycles. The van der Waals surface area contributed by atoms with E-state index in [1.54, 1.807) is 19.9 Å². The molecular formula is C16H25N3O3S. The summed E-state index contributed by atoms with van der Waals surface area (Å²) in [6.45, 7) is 6.49. The summed E-state index contributed by atoms with van der Waals surface area (Å²) in [7, 11) is -3.55. The van der Waals surface area contributed by atoms with Crippen LogP contribution in [0, 0.1) is 12.8 Å². The summed E-state index contributed by atoms with van der Waals surface area (Å²) < 4.78 is 26.6. The van der Waals surface area contributed by atoms with E-state index in [1.165, 1.54) is 12.1 Å². The Morgan fingerprint density at radius 2 is 2.17 bits per heavy atom. The van der Waals surface area contributed by atoms with Gasteiger partial charge in [-0.15, -0.1) is 0 Å². The highest BCUT2D eigenvalue weighted by Gasteiger charge is 2.18. The second kappa shape index (κ2) is 7.90. The van der Waals surface area contributed by atoms with E-state index in [9.17, 15) is 13.2 Å². The summed E-state index contributed by atoms with van der Waals surface area (Å²) in [5.74, 6) is 0.388. The standard InChI is InChI=1S/C16H25N3O3S/c1-3-19-23(21,22)14-5-4-12(2)15(10-14)16(20)18-9-7-13-6-8-17-11-13/h4-5,10,13,17,19H,3,6-9,11H2,1-2H3,(H,18,20). The molecular weight excluding hydrogens is 314 g/mol. The third-order valence-corrected chi connectivity index (χ3v) is 5.64. The summed E-state index contributed by atoms with van der Waals surface area (Å²) in [6.07, 6.45) is 2.08. The number of aryl methyl sites for hydroxylation is 1. The van der Waals surface area contributed by atoms with E-state index in [0.717, 1.165) is 31.5 Å². The second-order valence-electron chi connectivity index (χ2n) is 5.88. The van der Waals surface area contributed by atoms with Crippen LogP contribution in [0.1, 0.15) is 35.7 Å². The van der Waals surface area contributed by atoms with Gasteiger partial charge in [0.25, 0.3) is 5.91 Å². The van der Waals surface area contributed by atoms with E-state index in [0.29, 0.717) is 24.6 Å². The van der Waals surface area contributed by atoms with Crippen LogP contribution in [0.25, 0.3) is 0 Å². The van der Waals surface area contributed by atoms with E-state index < -0.39 is 10.0 Å². The van der Waals surface area contributed by atoms with E-state index >= 15 is 0 Å². The summed E-state index contributed by atoms with van der Waals surface area (Å²) in [5, 5.41) is 6.20. The zero-order chi connectivity index (χ0) is 16.9. The van der Waals surface area contributed by atoms with Crippen LogP contribution in [-0.2, 0) is 10.0 Å². The molecule has 0 bridgehead atoms. The Labute approximate surface area is 138 Å². The Kier molecular flexibility index (Phi) is 6.15. The number of benzene rings is 1. The van der Waals surface area contributed by atoms with Gasteiger partial charge in [-0.2, -0.15) is 0 Å². The maximum Gasteiger partial charge on any atom is 0.251 e. The molecule has 0 radical (unpaired) electrons. The van der Waals surface area contributed by atoms with Gasteiger partial charge >= 0.3 is 0 Å². The Balaban J connectivity index is 2.04. The van der Waals surface area contributed by atoms with Gasteiger partial charge in [0, 0.05) is 18.7 Å². The summed E-state index contributed by atoms with van der Waals surface area (Å²) >= 11 is 0. The van der Waals surface area contributed by atoms with Gasteiger partial charge in [-0.05, 0) is 56.5 Å². The quantitative estimate of drug-likeness (QED) is 0.692. The van der Waals surface area contributed by atoms with Crippen molar-refractivity contribution in [2.75, 3.05) is 26.2 Å². The Bertz CT molecular complexity index is 653. The van der Waals surface area contributed by atoms with Gasteiger partial charge in [-0.1, -0.05) is 13.0 Å². The largest absolute Gasteiger partial charge is 0.352 e. The molecule has 6 nitrogen and oxygen atoms in total. The Morgan fingerprint density at radius 3 is 2.83 bits per heavy atom. The zero-order valence-corrected chi connectivity index (χ0v) is 14.5. The number of amides is 1. The maximum absolute atomic E-state index is 12.3. The first-order valence-corrected chi connectivity index (χ1v) is 9.51. The van der Waals surface area contributed by atoms with Crippen LogP contribution in [0.5, 0.6) is 0 Å². The maximum atomic E-state index is 12.3. The second-order valence-corrected chi connectivity index (χ2v) is 7.65. The summed E-state index contributed by atoms with van der Waals surface area (Å²) in [5.41, 5.74) is 1.18. The van der Waals surface area contributed by atoms with Crippen molar-refractivity contribution in [2.45, 2.75) is 31.6 Å². The number of hydrogen-bond donors (Lipinski definition) is 3. The molecule has 0 saturated carbocycles. The van der Waals surface area contributed by atoms with E-state index in [1.807, 2.05) is 0 Å². The number of carbonyl (C=O) groups is 1. The molecule has 1 atom stereocenters. The Morgan fingerprint density at radius 1 is 1.39 bits per heavy atom. The van der Waals surface area contributed by atoms with Crippen molar-refractivity contribution >= 4 is 15.9 Å². The van der Waals surface area contributed by atoms with Crippen LogP contribution < -0.4 is 15.4 Å². The van der Waals surface area contributed by atoms with Gasteiger partial charge in [0.1, 0.15) is 0 Å². The zero-order valence-electron chi connectivity index (χ0n) is 13.7. The minimum absolute atomic E-state index is 0.120. The molecule has 0 spiro atoms. The van der Waals surface area contributed by atoms with Gasteiger partial charge in [-0.3, -0.25) is 4.79 Å². The predicted octanol–water partition coefficient (Wildman–Crippen LogP) is 1.02. The van der Waals surface area contributed by atoms with Crippen LogP contribution in [0.2, 0.25) is 0 Å². The first-order valence-electron chi connectivity index (χ1n) is 8.03. The molecule has 1 heterocycles. The fraction of sp³-hybridized carbons (Fsp3) is 0.562. The van der Waals surface area contributed by atoms with Gasteiger partial charge in [0.05, 0.1) is 4.90 Å². The molecule has 1 aliphatic heterocycles. The van der Waals surface area contributed by atoms with Crippen LogP contribution in [0.4, 0.5) is 0 Å². The molecule has 2 rings (SSSR count). The molecule has 3 N–H and O–H groups in total. The van der Waals surface area contributed by atoms with Crippen molar-refractivity contribution in [3.8, 4) is 0 Å². The number of sulfonamides is 1. The lowest BCUT2D eigenvalue weighted by Crippen LogP contribution is -2.28. The van der Waals surface area contributed by atoms with Crippen molar-refractivity contribution in [1.29, 1.82) is 0 Å². The molecule has 1 aliphatic rings. The lowest BCUT2D eigenvalue weighted by atomic mass is 10.0. The normalized spacial score (nSPS) is 18.1. The summed E-state index contributed by atoms with van der Waals surface area (Å²) in [6, 6.07) is 4.63. The first-order chi connectivity index (χ1) is 10.9. The van der Waals surface area contributed by atoms with Gasteiger partial charge in [0.15, 0.2) is 0 Å². The van der Waals surface area contributed by atoms with E-state index in [-0.39, 0.29) is 10.8 Å². The highest BCUT2D eigenvalue weighted by molar-refractivity contribution is 7.89. The molecule has 128 valence electrons.